The summed E-state index contributed by atoms with van der Waals surface area (Å²) >= 11 is 7.60. The Kier molecular flexibility index (Phi) is 9.14. The van der Waals surface area contributed by atoms with E-state index in [2.05, 4.69) is 4.90 Å². The van der Waals surface area contributed by atoms with Crippen molar-refractivity contribution in [3.05, 3.63) is 88.9 Å². The highest BCUT2D eigenvalue weighted by molar-refractivity contribution is 7.89. The van der Waals surface area contributed by atoms with Gasteiger partial charge >= 0.3 is 0 Å². The molecule has 2 heterocycles. The molecule has 1 aliphatic rings. The van der Waals surface area contributed by atoms with Crippen molar-refractivity contribution in [3.8, 4) is 0 Å². The van der Waals surface area contributed by atoms with Gasteiger partial charge in [0.15, 0.2) is 5.13 Å². The van der Waals surface area contributed by atoms with Crippen LogP contribution in [0, 0.1) is 0 Å². The number of morpholine rings is 1. The highest BCUT2D eigenvalue weighted by Crippen LogP contribution is 2.32. The number of sulfonamides is 1. The van der Waals surface area contributed by atoms with Gasteiger partial charge in [-0.25, -0.2) is 13.4 Å². The van der Waals surface area contributed by atoms with Crippen LogP contribution in [0.4, 0.5) is 5.13 Å². The third kappa shape index (κ3) is 6.71. The van der Waals surface area contributed by atoms with Gasteiger partial charge in [0.05, 0.1) is 28.3 Å². The summed E-state index contributed by atoms with van der Waals surface area (Å²) in [5.41, 5.74) is 2.07. The van der Waals surface area contributed by atoms with Crippen molar-refractivity contribution < 1.29 is 17.9 Å². The predicted octanol–water partition coefficient (Wildman–Crippen LogP) is 5.14. The quantitative estimate of drug-likeness (QED) is 0.251. The van der Waals surface area contributed by atoms with Gasteiger partial charge in [-0.15, -0.1) is 0 Å². The molecular weight excluding hydrogens is 568 g/mol. The van der Waals surface area contributed by atoms with Crippen molar-refractivity contribution in [1.82, 2.24) is 14.2 Å². The number of carbonyl (C=O) groups is 1. The lowest BCUT2D eigenvalue weighted by atomic mass is 10.2. The molecule has 0 N–H and O–H groups in total. The highest BCUT2D eigenvalue weighted by Gasteiger charge is 2.25. The van der Waals surface area contributed by atoms with Gasteiger partial charge < -0.3 is 4.74 Å². The minimum atomic E-state index is -3.73. The second-order valence-electron chi connectivity index (χ2n) is 9.64. The zero-order valence-corrected chi connectivity index (χ0v) is 24.6. The Hall–Kier alpha value is -2.86. The van der Waals surface area contributed by atoms with E-state index in [1.807, 2.05) is 42.5 Å². The molecule has 4 aromatic rings. The van der Waals surface area contributed by atoms with Crippen LogP contribution in [0.25, 0.3) is 10.2 Å². The Morgan fingerprint density at radius 2 is 1.77 bits per heavy atom. The summed E-state index contributed by atoms with van der Waals surface area (Å²) in [6.45, 7) is 4.76. The van der Waals surface area contributed by atoms with Gasteiger partial charge in [0.1, 0.15) is 0 Å². The maximum absolute atomic E-state index is 13.8. The Labute approximate surface area is 243 Å². The topological polar surface area (TPSA) is 83.1 Å². The first-order valence-corrected chi connectivity index (χ1v) is 15.7. The largest absolute Gasteiger partial charge is 0.379 e. The average Bonchev–Trinajstić information content (AvgIpc) is 3.39. The maximum atomic E-state index is 13.8. The third-order valence-corrected chi connectivity index (χ3v) is 9.93. The molecule has 1 aromatic heterocycles. The Morgan fingerprint density at radius 1 is 1.05 bits per heavy atom. The molecule has 1 amide bonds. The summed E-state index contributed by atoms with van der Waals surface area (Å²) in [7, 11) is -2.18. The van der Waals surface area contributed by atoms with Crippen molar-refractivity contribution in [2.75, 3.05) is 51.3 Å². The molecule has 0 radical (unpaired) electrons. The minimum absolute atomic E-state index is 0.135. The van der Waals surface area contributed by atoms with Crippen LogP contribution in [-0.2, 0) is 21.3 Å². The number of amides is 1. The van der Waals surface area contributed by atoms with E-state index in [1.54, 1.807) is 30.1 Å². The van der Waals surface area contributed by atoms with Gasteiger partial charge in [0.25, 0.3) is 5.91 Å². The monoisotopic (exact) mass is 598 g/mol. The molecule has 1 fully saturated rings. The number of benzene rings is 3. The smallest absolute Gasteiger partial charge is 0.260 e. The molecule has 210 valence electrons. The van der Waals surface area contributed by atoms with E-state index in [0.29, 0.717) is 22.3 Å². The molecular formula is C29H31ClN4O4S2. The number of hydrogen-bond donors (Lipinski definition) is 0. The summed E-state index contributed by atoms with van der Waals surface area (Å²) in [4.78, 5) is 22.6. The van der Waals surface area contributed by atoms with E-state index in [1.165, 1.54) is 27.8 Å². The standard InChI is InChI=1S/C29H31ClN4O4S2/c1-32(21-22-6-3-2-4-7-22)40(36,37)25-11-8-23(9-12-25)28(35)34(15-5-14-33-16-18-38-19-17-33)29-31-26-13-10-24(30)20-27(26)39-29/h2-4,6-13,20H,5,14-19,21H2,1H3. The summed E-state index contributed by atoms with van der Waals surface area (Å²) < 4.78 is 34.0. The minimum Gasteiger partial charge on any atom is -0.379 e. The van der Waals surface area contributed by atoms with E-state index in [9.17, 15) is 13.2 Å². The van der Waals surface area contributed by atoms with E-state index >= 15 is 0 Å². The first kappa shape index (κ1) is 28.7. The number of halogens is 1. The Bertz CT molecular complexity index is 1560. The normalized spacial score (nSPS) is 14.6. The number of nitrogens with zero attached hydrogens (tertiary/aromatic N) is 4. The highest BCUT2D eigenvalue weighted by atomic mass is 35.5. The number of anilines is 1. The number of rotatable bonds is 10. The van der Waals surface area contributed by atoms with Crippen LogP contribution in [0.5, 0.6) is 0 Å². The summed E-state index contributed by atoms with van der Waals surface area (Å²) in [6.07, 6.45) is 0.763. The number of hydrogen-bond acceptors (Lipinski definition) is 7. The fraction of sp³-hybridized carbons (Fsp3) is 0.310. The average molecular weight is 599 g/mol. The van der Waals surface area contributed by atoms with Gasteiger partial charge in [-0.2, -0.15) is 4.31 Å². The van der Waals surface area contributed by atoms with E-state index in [0.717, 1.165) is 55.0 Å². The first-order chi connectivity index (χ1) is 19.3. The maximum Gasteiger partial charge on any atom is 0.260 e. The lowest BCUT2D eigenvalue weighted by Gasteiger charge is -2.27. The lowest BCUT2D eigenvalue weighted by molar-refractivity contribution is 0.0376. The van der Waals surface area contributed by atoms with Crippen LogP contribution < -0.4 is 4.90 Å². The van der Waals surface area contributed by atoms with E-state index in [-0.39, 0.29) is 17.3 Å². The van der Waals surface area contributed by atoms with Crippen LogP contribution in [0.1, 0.15) is 22.3 Å². The van der Waals surface area contributed by atoms with Gasteiger partial charge in [0.2, 0.25) is 10.0 Å². The molecule has 40 heavy (non-hydrogen) atoms. The molecule has 0 saturated carbocycles. The zero-order chi connectivity index (χ0) is 28.1. The molecule has 1 saturated heterocycles. The summed E-state index contributed by atoms with van der Waals surface area (Å²) in [6, 6.07) is 21.0. The Morgan fingerprint density at radius 3 is 2.50 bits per heavy atom. The molecule has 1 aliphatic heterocycles. The molecule has 0 unspecified atom stereocenters. The van der Waals surface area contributed by atoms with Gasteiger partial charge in [-0.1, -0.05) is 53.3 Å². The van der Waals surface area contributed by atoms with E-state index < -0.39 is 10.0 Å². The second kappa shape index (κ2) is 12.8. The molecule has 5 rings (SSSR count). The number of carbonyl (C=O) groups excluding carboxylic acids is 1. The van der Waals surface area contributed by atoms with Gasteiger partial charge in [0, 0.05) is 50.4 Å². The lowest BCUT2D eigenvalue weighted by Crippen LogP contribution is -2.39. The van der Waals surface area contributed by atoms with Gasteiger partial charge in [-0.05, 0) is 54.4 Å². The first-order valence-electron chi connectivity index (χ1n) is 13.1. The van der Waals surface area contributed by atoms with Crippen LogP contribution in [-0.4, -0.2) is 75.0 Å². The third-order valence-electron chi connectivity index (χ3n) is 6.83. The molecule has 0 atom stereocenters. The van der Waals surface area contributed by atoms with Crippen LogP contribution in [0.2, 0.25) is 5.02 Å². The van der Waals surface area contributed by atoms with Crippen LogP contribution in [0.3, 0.4) is 0 Å². The number of thiazole rings is 1. The van der Waals surface area contributed by atoms with Crippen molar-refractivity contribution in [2.24, 2.45) is 0 Å². The van der Waals surface area contributed by atoms with Crippen LogP contribution in [0.15, 0.2) is 77.7 Å². The molecule has 3 aromatic carbocycles. The van der Waals surface area contributed by atoms with Crippen molar-refractivity contribution >= 4 is 54.2 Å². The Balaban J connectivity index is 1.35. The number of ether oxygens (including phenoxy) is 1. The van der Waals surface area contributed by atoms with Crippen molar-refractivity contribution in [2.45, 2.75) is 17.9 Å². The SMILES string of the molecule is CN(Cc1ccccc1)S(=O)(=O)c1ccc(C(=O)N(CCCN2CCOCC2)c2nc3ccc(Cl)cc3s2)cc1. The number of aromatic nitrogens is 1. The molecule has 8 nitrogen and oxygen atoms in total. The van der Waals surface area contributed by atoms with E-state index in [4.69, 9.17) is 21.3 Å². The summed E-state index contributed by atoms with van der Waals surface area (Å²) in [5, 5.41) is 1.20. The fourth-order valence-corrected chi connectivity index (χ4v) is 7.02. The van der Waals surface area contributed by atoms with Crippen molar-refractivity contribution in [1.29, 1.82) is 0 Å². The predicted molar refractivity (Wildman–Crippen MR) is 160 cm³/mol. The van der Waals surface area contributed by atoms with Crippen molar-refractivity contribution in [3.63, 3.8) is 0 Å². The number of fused-ring (bicyclic) bond motifs is 1. The molecule has 11 heteroatoms. The fourth-order valence-electron chi connectivity index (χ4n) is 4.59. The molecule has 0 spiro atoms. The molecule has 0 aliphatic carbocycles. The van der Waals surface area contributed by atoms with Gasteiger partial charge in [-0.3, -0.25) is 14.6 Å². The second-order valence-corrected chi connectivity index (χ2v) is 13.1. The molecule has 0 bridgehead atoms. The summed E-state index contributed by atoms with van der Waals surface area (Å²) in [5.74, 6) is -0.228. The zero-order valence-electron chi connectivity index (χ0n) is 22.2. The van der Waals surface area contributed by atoms with Crippen LogP contribution >= 0.6 is 22.9 Å².